The van der Waals surface area contributed by atoms with E-state index in [1.54, 1.807) is 0 Å². The summed E-state index contributed by atoms with van der Waals surface area (Å²) in [6.07, 6.45) is 4.77. The highest BCUT2D eigenvalue weighted by Crippen LogP contribution is 2.35. The molecule has 0 aliphatic carbocycles. The molecular formula is C19H22BrN. The quantitative estimate of drug-likeness (QED) is 0.567. The molecule has 110 valence electrons. The molecule has 1 aliphatic rings. The smallest absolute Gasteiger partial charge is 0.133 e. The Morgan fingerprint density at radius 3 is 1.81 bits per heavy atom. The van der Waals surface area contributed by atoms with Gasteiger partial charge in [-0.2, -0.15) is 0 Å². The van der Waals surface area contributed by atoms with Crippen LogP contribution in [0.5, 0.6) is 0 Å². The standard InChI is InChI=1S/C19H22N.BrH/c1-20(2)15-18(16-9-5-3-6-10-16)13-14-19(20)17-11-7-4-8-12-17;/h3-14,18-19H,15H2,1-2H3;1H/q+1;/p-1. The van der Waals surface area contributed by atoms with Gasteiger partial charge in [0.05, 0.1) is 26.6 Å². The number of benzene rings is 2. The van der Waals surface area contributed by atoms with Gasteiger partial charge in [0.15, 0.2) is 0 Å². The van der Waals surface area contributed by atoms with Gasteiger partial charge in [0.25, 0.3) is 0 Å². The summed E-state index contributed by atoms with van der Waals surface area (Å²) in [6, 6.07) is 22.1. The molecule has 21 heavy (non-hydrogen) atoms. The second-order valence-corrected chi connectivity index (χ2v) is 6.22. The summed E-state index contributed by atoms with van der Waals surface area (Å²) in [4.78, 5) is 0. The van der Waals surface area contributed by atoms with Crippen LogP contribution in [0.15, 0.2) is 72.8 Å². The predicted molar refractivity (Wildman–Crippen MR) is 84.5 cm³/mol. The van der Waals surface area contributed by atoms with Crippen LogP contribution in [0, 0.1) is 0 Å². The fraction of sp³-hybridized carbons (Fsp3) is 0.263. The van der Waals surface area contributed by atoms with E-state index in [0.717, 1.165) is 11.0 Å². The minimum Gasteiger partial charge on any atom is -1.00 e. The Morgan fingerprint density at radius 1 is 0.762 bits per heavy atom. The van der Waals surface area contributed by atoms with Crippen LogP contribution in [-0.2, 0) is 0 Å². The second kappa shape index (κ2) is 6.59. The first-order chi connectivity index (χ1) is 9.67. The van der Waals surface area contributed by atoms with Crippen LogP contribution in [0.1, 0.15) is 23.1 Å². The highest BCUT2D eigenvalue weighted by molar-refractivity contribution is 5.28. The van der Waals surface area contributed by atoms with Crippen LogP contribution in [0.2, 0.25) is 0 Å². The topological polar surface area (TPSA) is 0 Å². The minimum atomic E-state index is 0. The molecule has 0 fully saturated rings. The van der Waals surface area contributed by atoms with E-state index in [4.69, 9.17) is 0 Å². The number of hydrogen-bond acceptors (Lipinski definition) is 0. The van der Waals surface area contributed by atoms with Crippen LogP contribution in [0.4, 0.5) is 0 Å². The zero-order chi connectivity index (χ0) is 14.0. The Hall–Kier alpha value is -1.38. The van der Waals surface area contributed by atoms with E-state index in [-0.39, 0.29) is 17.0 Å². The lowest BCUT2D eigenvalue weighted by atomic mass is 9.90. The average molecular weight is 344 g/mol. The molecule has 0 amide bonds. The third-order valence-electron chi connectivity index (χ3n) is 4.31. The van der Waals surface area contributed by atoms with Crippen LogP contribution in [0.25, 0.3) is 0 Å². The van der Waals surface area contributed by atoms with Crippen molar-refractivity contribution in [3.63, 3.8) is 0 Å². The van der Waals surface area contributed by atoms with E-state index in [2.05, 4.69) is 86.9 Å². The molecule has 2 heteroatoms. The number of likely N-dealkylation sites (N-methyl/N-ethyl adjacent to an activating group) is 1. The first-order valence-electron chi connectivity index (χ1n) is 7.28. The van der Waals surface area contributed by atoms with Crippen LogP contribution in [-0.4, -0.2) is 25.1 Å². The Balaban J connectivity index is 0.00000161. The summed E-state index contributed by atoms with van der Waals surface area (Å²) in [5.74, 6) is 0.520. The van der Waals surface area contributed by atoms with Crippen LogP contribution in [0.3, 0.4) is 0 Å². The third-order valence-corrected chi connectivity index (χ3v) is 4.31. The summed E-state index contributed by atoms with van der Waals surface area (Å²) >= 11 is 0. The van der Waals surface area contributed by atoms with Crippen molar-refractivity contribution in [2.45, 2.75) is 12.0 Å². The number of hydrogen-bond donors (Lipinski definition) is 0. The molecule has 0 spiro atoms. The van der Waals surface area contributed by atoms with Gasteiger partial charge in [-0.15, -0.1) is 0 Å². The fourth-order valence-corrected chi connectivity index (χ4v) is 3.24. The molecule has 2 unspecified atom stereocenters. The van der Waals surface area contributed by atoms with E-state index in [1.807, 2.05) is 0 Å². The summed E-state index contributed by atoms with van der Waals surface area (Å²) in [6.45, 7) is 1.14. The van der Waals surface area contributed by atoms with Crippen molar-refractivity contribution in [2.24, 2.45) is 0 Å². The van der Waals surface area contributed by atoms with Gasteiger partial charge in [0.1, 0.15) is 6.04 Å². The van der Waals surface area contributed by atoms with E-state index >= 15 is 0 Å². The molecular weight excluding hydrogens is 322 g/mol. The van der Waals surface area contributed by atoms with Gasteiger partial charge in [-0.05, 0) is 11.6 Å². The molecule has 2 aromatic carbocycles. The van der Waals surface area contributed by atoms with Gasteiger partial charge in [-0.1, -0.05) is 66.7 Å². The van der Waals surface area contributed by atoms with Crippen molar-refractivity contribution in [3.8, 4) is 0 Å². The maximum Gasteiger partial charge on any atom is 0.133 e. The zero-order valence-electron chi connectivity index (χ0n) is 12.6. The predicted octanol–water partition coefficient (Wildman–Crippen LogP) is 1.16. The zero-order valence-corrected chi connectivity index (χ0v) is 14.2. The second-order valence-electron chi connectivity index (χ2n) is 6.22. The van der Waals surface area contributed by atoms with Gasteiger partial charge in [0.2, 0.25) is 0 Å². The lowest BCUT2D eigenvalue weighted by molar-refractivity contribution is -0.916. The van der Waals surface area contributed by atoms with Crippen molar-refractivity contribution in [2.75, 3.05) is 20.6 Å². The maximum atomic E-state index is 2.39. The van der Waals surface area contributed by atoms with E-state index in [1.165, 1.54) is 11.1 Å². The molecule has 2 atom stereocenters. The largest absolute Gasteiger partial charge is 1.00 e. The average Bonchev–Trinajstić information content (AvgIpc) is 2.48. The molecule has 1 nitrogen and oxygen atoms in total. The first-order valence-corrected chi connectivity index (χ1v) is 7.28. The highest BCUT2D eigenvalue weighted by Gasteiger charge is 2.34. The number of nitrogens with zero attached hydrogens (tertiary/aromatic N) is 1. The monoisotopic (exact) mass is 343 g/mol. The summed E-state index contributed by atoms with van der Waals surface area (Å²) in [5.41, 5.74) is 2.82. The molecule has 0 saturated carbocycles. The van der Waals surface area contributed by atoms with Gasteiger partial charge in [-0.25, -0.2) is 0 Å². The first kappa shape index (κ1) is 16.0. The lowest BCUT2D eigenvalue weighted by Gasteiger charge is -2.42. The number of quaternary nitrogens is 1. The van der Waals surface area contributed by atoms with Gasteiger partial charge in [-0.3, -0.25) is 0 Å². The fourth-order valence-electron chi connectivity index (χ4n) is 3.24. The summed E-state index contributed by atoms with van der Waals surface area (Å²) in [5, 5.41) is 0. The van der Waals surface area contributed by atoms with Gasteiger partial charge >= 0.3 is 0 Å². The SMILES string of the molecule is C[N+]1(C)CC(c2ccccc2)C=CC1c1ccccc1.[Br-]. The molecule has 0 saturated heterocycles. The number of halogens is 1. The van der Waals surface area contributed by atoms with Crippen LogP contribution >= 0.6 is 0 Å². The van der Waals surface area contributed by atoms with Crippen molar-refractivity contribution < 1.29 is 21.5 Å². The highest BCUT2D eigenvalue weighted by atomic mass is 79.9. The molecule has 0 bridgehead atoms. The van der Waals surface area contributed by atoms with Crippen molar-refractivity contribution in [3.05, 3.63) is 83.9 Å². The Morgan fingerprint density at radius 2 is 1.29 bits per heavy atom. The van der Waals surface area contributed by atoms with Gasteiger partial charge < -0.3 is 21.5 Å². The third kappa shape index (κ3) is 3.45. The summed E-state index contributed by atoms with van der Waals surface area (Å²) in [7, 11) is 4.66. The van der Waals surface area contributed by atoms with E-state index in [0.29, 0.717) is 12.0 Å². The molecule has 1 heterocycles. The Labute approximate surface area is 138 Å². The molecule has 2 aromatic rings. The molecule has 0 radical (unpaired) electrons. The van der Waals surface area contributed by atoms with Crippen molar-refractivity contribution in [1.29, 1.82) is 0 Å². The Kier molecular flexibility index (Phi) is 5.02. The van der Waals surface area contributed by atoms with Crippen molar-refractivity contribution in [1.82, 2.24) is 0 Å². The minimum absolute atomic E-state index is 0. The molecule has 1 aliphatic heterocycles. The Bertz CT molecular complexity index is 589. The van der Waals surface area contributed by atoms with E-state index in [9.17, 15) is 0 Å². The molecule has 3 rings (SSSR count). The lowest BCUT2D eigenvalue weighted by Crippen LogP contribution is -3.00. The van der Waals surface area contributed by atoms with Crippen LogP contribution < -0.4 is 17.0 Å². The molecule has 0 N–H and O–H groups in total. The normalized spacial score (nSPS) is 23.3. The maximum absolute atomic E-state index is 2.39. The number of rotatable bonds is 2. The van der Waals surface area contributed by atoms with E-state index < -0.39 is 0 Å². The van der Waals surface area contributed by atoms with Crippen molar-refractivity contribution >= 4 is 0 Å². The van der Waals surface area contributed by atoms with Gasteiger partial charge in [0, 0.05) is 5.56 Å². The molecule has 0 aromatic heterocycles. The summed E-state index contributed by atoms with van der Waals surface area (Å²) < 4.78 is 1.00.